The number of benzene rings is 1. The molecule has 1 amide bonds. The van der Waals surface area contributed by atoms with Gasteiger partial charge in [-0.3, -0.25) is 9.59 Å². The molecule has 0 saturated carbocycles. The number of nitrogens with one attached hydrogen (secondary N) is 1. The Bertz CT molecular complexity index is 1310. The van der Waals surface area contributed by atoms with Crippen LogP contribution in [0.5, 0.6) is 0 Å². The van der Waals surface area contributed by atoms with Crippen LogP contribution in [0.1, 0.15) is 40.0 Å². The summed E-state index contributed by atoms with van der Waals surface area (Å²) in [6, 6.07) is 9.49. The van der Waals surface area contributed by atoms with Crippen molar-refractivity contribution in [2.45, 2.75) is 38.8 Å². The molecule has 164 valence electrons. The molecule has 8 nitrogen and oxygen atoms in total. The maximum atomic E-state index is 12.7. The van der Waals surface area contributed by atoms with E-state index in [0.29, 0.717) is 33.1 Å². The van der Waals surface area contributed by atoms with E-state index in [1.807, 2.05) is 50.4 Å². The number of rotatable bonds is 7. The highest BCUT2D eigenvalue weighted by molar-refractivity contribution is 7.98. The Labute approximate surface area is 193 Å². The van der Waals surface area contributed by atoms with Gasteiger partial charge in [0.15, 0.2) is 10.9 Å². The van der Waals surface area contributed by atoms with Crippen LogP contribution in [0.4, 0.5) is 5.13 Å². The molecule has 3 aromatic heterocycles. The van der Waals surface area contributed by atoms with Crippen molar-refractivity contribution in [1.82, 2.24) is 24.6 Å². The molecule has 0 atom stereocenters. The summed E-state index contributed by atoms with van der Waals surface area (Å²) in [5, 5.41) is 8.37. The van der Waals surface area contributed by atoms with E-state index < -0.39 is 0 Å². The molecule has 0 aliphatic rings. The van der Waals surface area contributed by atoms with E-state index in [2.05, 4.69) is 25.4 Å². The smallest absolute Gasteiger partial charge is 0.253 e. The van der Waals surface area contributed by atoms with Gasteiger partial charge in [0.1, 0.15) is 0 Å². The van der Waals surface area contributed by atoms with Gasteiger partial charge in [0.2, 0.25) is 11.1 Å². The van der Waals surface area contributed by atoms with Crippen molar-refractivity contribution >= 4 is 45.7 Å². The van der Waals surface area contributed by atoms with E-state index in [0.717, 1.165) is 22.5 Å². The number of ketones is 1. The van der Waals surface area contributed by atoms with E-state index in [1.165, 1.54) is 30.0 Å². The topological polar surface area (TPSA) is 102 Å². The summed E-state index contributed by atoms with van der Waals surface area (Å²) < 4.78 is 1.72. The highest BCUT2D eigenvalue weighted by Gasteiger charge is 2.19. The molecule has 0 radical (unpaired) electrons. The molecule has 0 spiro atoms. The Morgan fingerprint density at radius 1 is 1.12 bits per heavy atom. The van der Waals surface area contributed by atoms with E-state index >= 15 is 0 Å². The number of aromatic nitrogens is 5. The number of carbonyl (C=O) groups excluding carboxylic acids is 2. The highest BCUT2D eigenvalue weighted by Crippen LogP contribution is 2.31. The molecule has 3 heterocycles. The van der Waals surface area contributed by atoms with Crippen molar-refractivity contribution < 1.29 is 9.59 Å². The van der Waals surface area contributed by atoms with Gasteiger partial charge in [-0.1, -0.05) is 53.4 Å². The standard InChI is InChI=1S/C22H22N6O2S2/c1-12-16(13(2)28-20(23-12)26-22(27-28)31-4)10-11-17(30)24-21-25-18(19(32-21)14(3)29)15-8-6-5-7-9-15/h5-9H,10-11H2,1-4H3,(H,24,25,30). The lowest BCUT2D eigenvalue weighted by atomic mass is 10.1. The van der Waals surface area contributed by atoms with Crippen molar-refractivity contribution in [3.05, 3.63) is 52.2 Å². The number of hydrogen-bond acceptors (Lipinski definition) is 8. The monoisotopic (exact) mass is 466 g/mol. The minimum absolute atomic E-state index is 0.0788. The number of amides is 1. The molecule has 0 fully saturated rings. The van der Waals surface area contributed by atoms with Gasteiger partial charge in [0, 0.05) is 30.3 Å². The average Bonchev–Trinajstić information content (AvgIpc) is 3.38. The van der Waals surface area contributed by atoms with Gasteiger partial charge in [0.25, 0.3) is 5.78 Å². The maximum absolute atomic E-state index is 12.7. The predicted molar refractivity (Wildman–Crippen MR) is 127 cm³/mol. The fourth-order valence-electron chi connectivity index (χ4n) is 3.46. The molecule has 0 saturated heterocycles. The van der Waals surface area contributed by atoms with Crippen molar-refractivity contribution in [3.63, 3.8) is 0 Å². The van der Waals surface area contributed by atoms with Gasteiger partial charge in [-0.15, -0.1) is 5.10 Å². The summed E-state index contributed by atoms with van der Waals surface area (Å²) in [4.78, 5) is 38.7. The summed E-state index contributed by atoms with van der Waals surface area (Å²) in [6.45, 7) is 5.38. The Hall–Kier alpha value is -3.11. The highest BCUT2D eigenvalue weighted by atomic mass is 32.2. The first-order valence-corrected chi connectivity index (χ1v) is 12.1. The van der Waals surface area contributed by atoms with Crippen LogP contribution in [0.3, 0.4) is 0 Å². The van der Waals surface area contributed by atoms with Gasteiger partial charge in [-0.05, 0) is 32.1 Å². The molecular formula is C22H22N6O2S2. The summed E-state index contributed by atoms with van der Waals surface area (Å²) in [5.41, 5.74) is 4.17. The second-order valence-electron chi connectivity index (χ2n) is 7.24. The number of fused-ring (bicyclic) bond motifs is 1. The van der Waals surface area contributed by atoms with E-state index in [4.69, 9.17) is 0 Å². The molecule has 4 aromatic rings. The van der Waals surface area contributed by atoms with E-state index in [9.17, 15) is 9.59 Å². The molecule has 0 aliphatic heterocycles. The molecule has 0 unspecified atom stereocenters. The van der Waals surface area contributed by atoms with Crippen LogP contribution in [-0.2, 0) is 11.2 Å². The molecule has 1 aromatic carbocycles. The van der Waals surface area contributed by atoms with Crippen LogP contribution in [0, 0.1) is 13.8 Å². The molecule has 32 heavy (non-hydrogen) atoms. The number of aryl methyl sites for hydroxylation is 2. The SMILES string of the molecule is CSc1nc2nc(C)c(CCC(=O)Nc3nc(-c4ccccc4)c(C(C)=O)s3)c(C)n2n1. The van der Waals surface area contributed by atoms with Crippen LogP contribution in [-0.4, -0.2) is 42.5 Å². The number of carbonyl (C=O) groups is 2. The Kier molecular flexibility index (Phi) is 6.33. The summed E-state index contributed by atoms with van der Waals surface area (Å²) in [6.07, 6.45) is 2.69. The van der Waals surface area contributed by atoms with Crippen LogP contribution in [0.25, 0.3) is 17.0 Å². The lowest BCUT2D eigenvalue weighted by Gasteiger charge is -2.10. The van der Waals surface area contributed by atoms with E-state index in [1.54, 1.807) is 4.52 Å². The number of anilines is 1. The lowest BCUT2D eigenvalue weighted by Crippen LogP contribution is -2.14. The van der Waals surface area contributed by atoms with E-state index in [-0.39, 0.29) is 18.1 Å². The number of Topliss-reactive ketones (excluding diaryl/α,β-unsaturated/α-hetero) is 1. The zero-order chi connectivity index (χ0) is 22.8. The Morgan fingerprint density at radius 2 is 1.88 bits per heavy atom. The van der Waals surface area contributed by atoms with Crippen molar-refractivity contribution in [2.24, 2.45) is 0 Å². The third kappa shape index (κ3) is 4.42. The predicted octanol–water partition coefficient (Wildman–Crippen LogP) is 4.36. The normalized spacial score (nSPS) is 11.1. The summed E-state index contributed by atoms with van der Waals surface area (Å²) >= 11 is 2.66. The van der Waals surface area contributed by atoms with Crippen molar-refractivity contribution in [3.8, 4) is 11.3 Å². The zero-order valence-electron chi connectivity index (χ0n) is 18.2. The first-order valence-electron chi connectivity index (χ1n) is 10.0. The zero-order valence-corrected chi connectivity index (χ0v) is 19.8. The molecule has 1 N–H and O–H groups in total. The number of hydrogen-bond donors (Lipinski definition) is 1. The number of nitrogens with zero attached hydrogens (tertiary/aromatic N) is 5. The second kappa shape index (κ2) is 9.17. The van der Waals surface area contributed by atoms with Gasteiger partial charge in [-0.2, -0.15) is 4.98 Å². The van der Waals surface area contributed by atoms with Gasteiger partial charge in [-0.25, -0.2) is 14.5 Å². The quantitative estimate of drug-likeness (QED) is 0.319. The molecule has 4 rings (SSSR count). The number of thiazole rings is 1. The average molecular weight is 467 g/mol. The van der Waals surface area contributed by atoms with Crippen LogP contribution in [0.15, 0.2) is 35.5 Å². The van der Waals surface area contributed by atoms with Gasteiger partial charge in [0.05, 0.1) is 10.6 Å². The van der Waals surface area contributed by atoms with Crippen molar-refractivity contribution in [2.75, 3.05) is 11.6 Å². The van der Waals surface area contributed by atoms with Gasteiger partial charge >= 0.3 is 0 Å². The van der Waals surface area contributed by atoms with Crippen LogP contribution < -0.4 is 5.32 Å². The molecule has 0 aliphatic carbocycles. The third-order valence-electron chi connectivity index (χ3n) is 5.05. The van der Waals surface area contributed by atoms with Crippen molar-refractivity contribution in [1.29, 1.82) is 0 Å². The fraction of sp³-hybridized carbons (Fsp3) is 0.273. The molecule has 0 bridgehead atoms. The van der Waals surface area contributed by atoms with Crippen LogP contribution in [0.2, 0.25) is 0 Å². The Balaban J connectivity index is 1.51. The molecule has 10 heteroatoms. The second-order valence-corrected chi connectivity index (χ2v) is 9.01. The number of thioether (sulfide) groups is 1. The van der Waals surface area contributed by atoms with Crippen LogP contribution >= 0.6 is 23.1 Å². The minimum atomic E-state index is -0.171. The largest absolute Gasteiger partial charge is 0.302 e. The molecular weight excluding hydrogens is 444 g/mol. The third-order valence-corrected chi connectivity index (χ3v) is 6.66. The Morgan fingerprint density at radius 3 is 2.56 bits per heavy atom. The lowest BCUT2D eigenvalue weighted by molar-refractivity contribution is -0.116. The summed E-state index contributed by atoms with van der Waals surface area (Å²) in [7, 11) is 0. The first-order chi connectivity index (χ1) is 15.4. The fourth-order valence-corrected chi connectivity index (χ4v) is 4.70. The minimum Gasteiger partial charge on any atom is -0.302 e. The maximum Gasteiger partial charge on any atom is 0.253 e. The van der Waals surface area contributed by atoms with Gasteiger partial charge < -0.3 is 5.32 Å². The summed E-state index contributed by atoms with van der Waals surface area (Å²) in [5.74, 6) is 0.311. The first kappa shape index (κ1) is 22.1.